The molecule has 1 heterocycles. The molecule has 0 aliphatic carbocycles. The van der Waals surface area contributed by atoms with Gasteiger partial charge in [-0.1, -0.05) is 29.5 Å². The van der Waals surface area contributed by atoms with Crippen LogP contribution >= 0.6 is 0 Å². The molecule has 1 aromatic heterocycles. The van der Waals surface area contributed by atoms with E-state index in [0.717, 1.165) is 16.6 Å². The average molecular weight is 366 g/mol. The molecule has 7 heteroatoms. The number of esters is 1. The van der Waals surface area contributed by atoms with E-state index in [4.69, 9.17) is 4.74 Å². The predicted molar refractivity (Wildman–Crippen MR) is 101 cm³/mol. The second-order valence-electron chi connectivity index (χ2n) is 6.64. The van der Waals surface area contributed by atoms with Gasteiger partial charge in [-0.25, -0.2) is 9.48 Å². The van der Waals surface area contributed by atoms with Gasteiger partial charge in [0, 0.05) is 6.04 Å². The van der Waals surface area contributed by atoms with Crippen LogP contribution < -0.4 is 5.32 Å². The third-order valence-electron chi connectivity index (χ3n) is 4.03. The Morgan fingerprint density at radius 1 is 1.07 bits per heavy atom. The van der Waals surface area contributed by atoms with E-state index >= 15 is 0 Å². The summed E-state index contributed by atoms with van der Waals surface area (Å²) in [6.45, 7) is 5.80. The van der Waals surface area contributed by atoms with Crippen LogP contribution in [0.15, 0.2) is 48.5 Å². The van der Waals surface area contributed by atoms with E-state index < -0.39 is 12.1 Å². The van der Waals surface area contributed by atoms with Gasteiger partial charge in [-0.3, -0.25) is 4.79 Å². The summed E-state index contributed by atoms with van der Waals surface area (Å²) in [4.78, 5) is 24.1. The number of carbonyl (C=O) groups excluding carboxylic acids is 2. The minimum absolute atomic E-state index is 0.00852. The second-order valence-corrected chi connectivity index (χ2v) is 6.64. The standard InChI is InChI=1S/C20H22N4O3/c1-13(2)21-19(25)14(3)27-20(26)16-10-8-15(9-11-16)12-24-18-7-5-4-6-17(18)22-23-24/h4-11,13-14H,12H2,1-3H3,(H,21,25)/t14-/m0/s1. The number of rotatable bonds is 6. The van der Waals surface area contributed by atoms with Crippen LogP contribution in [0.3, 0.4) is 0 Å². The first-order chi connectivity index (χ1) is 12.9. The molecule has 0 saturated carbocycles. The van der Waals surface area contributed by atoms with Gasteiger partial charge in [0.15, 0.2) is 6.10 Å². The zero-order chi connectivity index (χ0) is 19.4. The molecule has 140 valence electrons. The lowest BCUT2D eigenvalue weighted by atomic mass is 10.1. The van der Waals surface area contributed by atoms with Gasteiger partial charge < -0.3 is 10.1 Å². The van der Waals surface area contributed by atoms with Crippen LogP contribution in [-0.4, -0.2) is 39.0 Å². The second kappa shape index (κ2) is 7.99. The lowest BCUT2D eigenvalue weighted by Gasteiger charge is -2.15. The molecular formula is C20H22N4O3. The fraction of sp³-hybridized carbons (Fsp3) is 0.300. The van der Waals surface area contributed by atoms with Crippen molar-refractivity contribution in [1.82, 2.24) is 20.3 Å². The van der Waals surface area contributed by atoms with Crippen molar-refractivity contribution >= 4 is 22.9 Å². The lowest BCUT2D eigenvalue weighted by Crippen LogP contribution is -2.39. The number of aromatic nitrogens is 3. The number of carbonyl (C=O) groups is 2. The summed E-state index contributed by atoms with van der Waals surface area (Å²) in [5.41, 5.74) is 3.16. The summed E-state index contributed by atoms with van der Waals surface area (Å²) in [7, 11) is 0. The number of hydrogen-bond donors (Lipinski definition) is 1. The molecule has 27 heavy (non-hydrogen) atoms. The predicted octanol–water partition coefficient (Wildman–Crippen LogP) is 2.55. The number of benzene rings is 2. The molecule has 0 spiro atoms. The van der Waals surface area contributed by atoms with Crippen LogP contribution in [0.1, 0.15) is 36.7 Å². The topological polar surface area (TPSA) is 86.1 Å². The molecule has 3 rings (SSSR count). The maximum absolute atomic E-state index is 12.2. The summed E-state index contributed by atoms with van der Waals surface area (Å²) < 4.78 is 7.03. The van der Waals surface area contributed by atoms with Gasteiger partial charge >= 0.3 is 5.97 Å². The summed E-state index contributed by atoms with van der Waals surface area (Å²) >= 11 is 0. The van der Waals surface area contributed by atoms with Gasteiger partial charge in [0.25, 0.3) is 5.91 Å². The third kappa shape index (κ3) is 4.49. The summed E-state index contributed by atoms with van der Waals surface area (Å²) in [5, 5.41) is 11.0. The van der Waals surface area contributed by atoms with Crippen molar-refractivity contribution < 1.29 is 14.3 Å². The highest BCUT2D eigenvalue weighted by molar-refractivity contribution is 5.92. The van der Waals surface area contributed by atoms with Crippen molar-refractivity contribution in [2.75, 3.05) is 0 Å². The van der Waals surface area contributed by atoms with Crippen LogP contribution in [0.2, 0.25) is 0 Å². The Morgan fingerprint density at radius 2 is 1.78 bits per heavy atom. The molecule has 0 aliphatic heterocycles. The van der Waals surface area contributed by atoms with Crippen molar-refractivity contribution in [3.05, 3.63) is 59.7 Å². The smallest absolute Gasteiger partial charge is 0.338 e. The minimum Gasteiger partial charge on any atom is -0.449 e. The first kappa shape index (κ1) is 18.6. The van der Waals surface area contributed by atoms with Crippen molar-refractivity contribution in [2.45, 2.75) is 39.5 Å². The SMILES string of the molecule is CC(C)NC(=O)[C@H](C)OC(=O)c1ccc(Cn2nnc3ccccc32)cc1. The molecule has 7 nitrogen and oxygen atoms in total. The maximum Gasteiger partial charge on any atom is 0.338 e. The van der Waals surface area contributed by atoms with E-state index in [-0.39, 0.29) is 11.9 Å². The van der Waals surface area contributed by atoms with Crippen LogP contribution in [0.25, 0.3) is 11.0 Å². The monoisotopic (exact) mass is 366 g/mol. The molecule has 0 unspecified atom stereocenters. The normalized spacial score (nSPS) is 12.1. The lowest BCUT2D eigenvalue weighted by molar-refractivity contribution is -0.129. The van der Waals surface area contributed by atoms with E-state index in [1.165, 1.54) is 0 Å². The largest absolute Gasteiger partial charge is 0.449 e. The van der Waals surface area contributed by atoms with Gasteiger partial charge in [-0.15, -0.1) is 5.10 Å². The molecule has 0 aliphatic rings. The molecule has 0 saturated heterocycles. The van der Waals surface area contributed by atoms with Crippen molar-refractivity contribution in [2.24, 2.45) is 0 Å². The Bertz CT molecular complexity index is 947. The maximum atomic E-state index is 12.2. The van der Waals surface area contributed by atoms with Crippen LogP contribution in [0.4, 0.5) is 0 Å². The highest BCUT2D eigenvalue weighted by Crippen LogP contribution is 2.13. The molecule has 1 amide bonds. The first-order valence-electron chi connectivity index (χ1n) is 8.82. The van der Waals surface area contributed by atoms with E-state index in [1.54, 1.807) is 23.7 Å². The van der Waals surface area contributed by atoms with Crippen molar-refractivity contribution in [3.8, 4) is 0 Å². The van der Waals surface area contributed by atoms with Gasteiger partial charge in [0.05, 0.1) is 17.6 Å². The van der Waals surface area contributed by atoms with E-state index in [1.807, 2.05) is 50.2 Å². The number of nitrogens with one attached hydrogen (secondary N) is 1. The summed E-state index contributed by atoms with van der Waals surface area (Å²) in [6, 6.07) is 14.8. The number of para-hydroxylation sites is 1. The molecule has 0 radical (unpaired) electrons. The molecule has 3 aromatic rings. The van der Waals surface area contributed by atoms with Crippen LogP contribution in [0, 0.1) is 0 Å². The minimum atomic E-state index is -0.846. The molecule has 0 fully saturated rings. The first-order valence-corrected chi connectivity index (χ1v) is 8.82. The van der Waals surface area contributed by atoms with Crippen molar-refractivity contribution in [3.63, 3.8) is 0 Å². The quantitative estimate of drug-likeness (QED) is 0.678. The third-order valence-corrected chi connectivity index (χ3v) is 4.03. The van der Waals surface area contributed by atoms with Crippen LogP contribution in [0.5, 0.6) is 0 Å². The Kier molecular flexibility index (Phi) is 5.49. The zero-order valence-corrected chi connectivity index (χ0v) is 15.5. The summed E-state index contributed by atoms with van der Waals surface area (Å²) in [6.07, 6.45) is -0.846. The molecule has 1 atom stereocenters. The number of ether oxygens (including phenoxy) is 1. The Labute approximate surface area is 157 Å². The highest BCUT2D eigenvalue weighted by Gasteiger charge is 2.19. The average Bonchev–Trinajstić information content (AvgIpc) is 3.04. The van der Waals surface area contributed by atoms with E-state index in [9.17, 15) is 9.59 Å². The van der Waals surface area contributed by atoms with Gasteiger partial charge in [0.2, 0.25) is 0 Å². The Hall–Kier alpha value is -3.22. The van der Waals surface area contributed by atoms with E-state index in [0.29, 0.717) is 12.1 Å². The van der Waals surface area contributed by atoms with Crippen LogP contribution in [-0.2, 0) is 16.1 Å². The molecule has 1 N–H and O–H groups in total. The van der Waals surface area contributed by atoms with Crippen molar-refractivity contribution in [1.29, 1.82) is 0 Å². The van der Waals surface area contributed by atoms with Gasteiger partial charge in [-0.2, -0.15) is 0 Å². The van der Waals surface area contributed by atoms with Gasteiger partial charge in [0.1, 0.15) is 5.52 Å². The number of hydrogen-bond acceptors (Lipinski definition) is 5. The zero-order valence-electron chi connectivity index (χ0n) is 15.5. The Balaban J connectivity index is 1.64. The number of fused-ring (bicyclic) bond motifs is 1. The summed E-state index contributed by atoms with van der Waals surface area (Å²) in [5.74, 6) is -0.841. The van der Waals surface area contributed by atoms with E-state index in [2.05, 4.69) is 15.6 Å². The fourth-order valence-electron chi connectivity index (χ4n) is 2.64. The molecular weight excluding hydrogens is 344 g/mol. The van der Waals surface area contributed by atoms with Gasteiger partial charge in [-0.05, 0) is 50.6 Å². The Morgan fingerprint density at radius 3 is 2.48 bits per heavy atom. The molecule has 0 bridgehead atoms. The molecule has 2 aromatic carbocycles. The number of amides is 1. The fourth-order valence-corrected chi connectivity index (χ4v) is 2.64. The number of nitrogens with zero attached hydrogens (tertiary/aromatic N) is 3. The highest BCUT2D eigenvalue weighted by atomic mass is 16.5.